The van der Waals surface area contributed by atoms with Gasteiger partial charge in [0.05, 0.1) is 15.6 Å². The molecule has 0 spiro atoms. The van der Waals surface area contributed by atoms with Crippen molar-refractivity contribution < 1.29 is 9.21 Å². The number of hydrogen-bond acceptors (Lipinski definition) is 5. The molecular weight excluding hydrogens is 322 g/mol. The summed E-state index contributed by atoms with van der Waals surface area (Å²) in [5.41, 5.74) is 1.63. The van der Waals surface area contributed by atoms with E-state index >= 15 is 0 Å². The van der Waals surface area contributed by atoms with Gasteiger partial charge in [-0.2, -0.15) is 0 Å². The SMILES string of the molecule is Cc1ccsc1-c1nnc(CC(=O)Nc2ccccc2Cl)o1. The van der Waals surface area contributed by atoms with Crippen molar-refractivity contribution in [2.45, 2.75) is 13.3 Å². The van der Waals surface area contributed by atoms with Crippen molar-refractivity contribution in [3.8, 4) is 10.8 Å². The molecule has 0 unspecified atom stereocenters. The maximum Gasteiger partial charge on any atom is 0.258 e. The van der Waals surface area contributed by atoms with Gasteiger partial charge in [-0.15, -0.1) is 21.5 Å². The first-order chi connectivity index (χ1) is 10.6. The van der Waals surface area contributed by atoms with Crippen LogP contribution in [0.25, 0.3) is 10.8 Å². The Kier molecular flexibility index (Phi) is 4.22. The van der Waals surface area contributed by atoms with Crippen molar-refractivity contribution in [3.05, 3.63) is 52.2 Å². The summed E-state index contributed by atoms with van der Waals surface area (Å²) in [5.74, 6) is 0.451. The van der Waals surface area contributed by atoms with Crippen LogP contribution in [0.1, 0.15) is 11.5 Å². The van der Waals surface area contributed by atoms with Gasteiger partial charge in [-0.3, -0.25) is 4.79 Å². The van der Waals surface area contributed by atoms with Crippen LogP contribution < -0.4 is 5.32 Å². The Labute approximate surface area is 135 Å². The average Bonchev–Trinajstić information content (AvgIpc) is 3.10. The summed E-state index contributed by atoms with van der Waals surface area (Å²) in [5, 5.41) is 13.1. The second-order valence-electron chi connectivity index (χ2n) is 4.64. The molecule has 22 heavy (non-hydrogen) atoms. The maximum atomic E-state index is 12.0. The predicted molar refractivity (Wildman–Crippen MR) is 86.1 cm³/mol. The van der Waals surface area contributed by atoms with E-state index in [4.69, 9.17) is 16.0 Å². The molecule has 0 aliphatic rings. The van der Waals surface area contributed by atoms with E-state index in [2.05, 4.69) is 15.5 Å². The van der Waals surface area contributed by atoms with Gasteiger partial charge in [0, 0.05) is 0 Å². The molecule has 0 radical (unpaired) electrons. The number of para-hydroxylation sites is 1. The standard InChI is InChI=1S/C15H12ClN3O2S/c1-9-6-7-22-14(9)15-19-18-13(21-15)8-12(20)17-11-5-3-2-4-10(11)16/h2-7H,8H2,1H3,(H,17,20). The number of aryl methyl sites for hydroxylation is 1. The fourth-order valence-corrected chi connectivity index (χ4v) is 2.93. The predicted octanol–water partition coefficient (Wildman–Crippen LogP) is 3.94. The molecule has 1 N–H and O–H groups in total. The van der Waals surface area contributed by atoms with Crippen molar-refractivity contribution in [2.75, 3.05) is 5.32 Å². The molecule has 5 nitrogen and oxygen atoms in total. The zero-order valence-corrected chi connectivity index (χ0v) is 13.2. The molecule has 3 aromatic rings. The van der Waals surface area contributed by atoms with Gasteiger partial charge in [-0.25, -0.2) is 0 Å². The van der Waals surface area contributed by atoms with Crippen molar-refractivity contribution in [1.82, 2.24) is 10.2 Å². The number of benzene rings is 1. The minimum atomic E-state index is -0.258. The lowest BCUT2D eigenvalue weighted by molar-refractivity contribution is -0.115. The highest BCUT2D eigenvalue weighted by Gasteiger charge is 2.15. The molecule has 0 saturated carbocycles. The van der Waals surface area contributed by atoms with Gasteiger partial charge in [0.25, 0.3) is 5.89 Å². The third-order valence-electron chi connectivity index (χ3n) is 2.98. The van der Waals surface area contributed by atoms with Crippen molar-refractivity contribution in [3.63, 3.8) is 0 Å². The third kappa shape index (κ3) is 3.18. The molecule has 0 aliphatic carbocycles. The van der Waals surface area contributed by atoms with E-state index in [1.807, 2.05) is 18.4 Å². The first-order valence-corrected chi connectivity index (χ1v) is 7.80. The molecule has 112 valence electrons. The summed E-state index contributed by atoms with van der Waals surface area (Å²) in [4.78, 5) is 12.9. The van der Waals surface area contributed by atoms with Crippen LogP contribution in [-0.4, -0.2) is 16.1 Å². The summed E-state index contributed by atoms with van der Waals surface area (Å²) >= 11 is 7.52. The van der Waals surface area contributed by atoms with E-state index < -0.39 is 0 Å². The number of nitrogens with one attached hydrogen (secondary N) is 1. The molecule has 7 heteroatoms. The fourth-order valence-electron chi connectivity index (χ4n) is 1.90. The molecule has 1 amide bonds. The molecule has 0 atom stereocenters. The van der Waals surface area contributed by atoms with Gasteiger partial charge in [0.1, 0.15) is 6.42 Å². The normalized spacial score (nSPS) is 10.6. The number of amides is 1. The summed E-state index contributed by atoms with van der Waals surface area (Å²) in [7, 11) is 0. The highest BCUT2D eigenvalue weighted by molar-refractivity contribution is 7.13. The van der Waals surface area contributed by atoms with Crippen LogP contribution >= 0.6 is 22.9 Å². The Morgan fingerprint density at radius 3 is 2.86 bits per heavy atom. The monoisotopic (exact) mass is 333 g/mol. The van der Waals surface area contributed by atoms with Gasteiger partial charge in [-0.1, -0.05) is 23.7 Å². The van der Waals surface area contributed by atoms with Crippen LogP contribution in [0.2, 0.25) is 5.02 Å². The first-order valence-electron chi connectivity index (χ1n) is 6.54. The van der Waals surface area contributed by atoms with E-state index in [9.17, 15) is 4.79 Å². The second kappa shape index (κ2) is 6.29. The van der Waals surface area contributed by atoms with Crippen LogP contribution in [-0.2, 0) is 11.2 Å². The summed E-state index contributed by atoms with van der Waals surface area (Å²) in [6.45, 7) is 1.97. The zero-order chi connectivity index (χ0) is 15.5. The number of anilines is 1. The summed E-state index contributed by atoms with van der Waals surface area (Å²) < 4.78 is 5.54. The highest BCUT2D eigenvalue weighted by Crippen LogP contribution is 2.27. The Hall–Kier alpha value is -2.18. The Bertz CT molecular complexity index is 812. The quantitative estimate of drug-likeness (QED) is 0.785. The molecule has 3 rings (SSSR count). The van der Waals surface area contributed by atoms with Crippen molar-refractivity contribution in [1.29, 1.82) is 0 Å². The van der Waals surface area contributed by atoms with Gasteiger partial charge < -0.3 is 9.73 Å². The molecular formula is C15H12ClN3O2S. The fraction of sp³-hybridized carbons (Fsp3) is 0.133. The molecule has 1 aromatic carbocycles. The molecule has 0 saturated heterocycles. The number of hydrogen-bond donors (Lipinski definition) is 1. The zero-order valence-electron chi connectivity index (χ0n) is 11.7. The topological polar surface area (TPSA) is 68.0 Å². The van der Waals surface area contributed by atoms with E-state index in [-0.39, 0.29) is 18.2 Å². The summed E-state index contributed by atoms with van der Waals surface area (Å²) in [6, 6.07) is 9.02. The van der Waals surface area contributed by atoms with E-state index in [1.54, 1.807) is 24.3 Å². The van der Waals surface area contributed by atoms with Gasteiger partial charge in [0.15, 0.2) is 0 Å². The molecule has 2 aromatic heterocycles. The lowest BCUT2D eigenvalue weighted by atomic mass is 10.3. The minimum absolute atomic E-state index is 0.00263. The Morgan fingerprint density at radius 1 is 1.32 bits per heavy atom. The second-order valence-corrected chi connectivity index (χ2v) is 5.96. The van der Waals surface area contributed by atoms with Crippen LogP contribution in [0.3, 0.4) is 0 Å². The number of rotatable bonds is 4. The lowest BCUT2D eigenvalue weighted by Crippen LogP contribution is -2.14. The first kappa shape index (κ1) is 14.7. The van der Waals surface area contributed by atoms with Crippen LogP contribution in [0.4, 0.5) is 5.69 Å². The highest BCUT2D eigenvalue weighted by atomic mass is 35.5. The minimum Gasteiger partial charge on any atom is -0.419 e. The van der Waals surface area contributed by atoms with Crippen LogP contribution in [0.5, 0.6) is 0 Å². The molecule has 0 aliphatic heterocycles. The summed E-state index contributed by atoms with van der Waals surface area (Å²) in [6.07, 6.45) is 0.00263. The number of carbonyl (C=O) groups excluding carboxylic acids is 1. The number of halogens is 1. The van der Waals surface area contributed by atoms with Gasteiger partial charge in [0.2, 0.25) is 11.8 Å². The third-order valence-corrected chi connectivity index (χ3v) is 4.32. The molecule has 0 bridgehead atoms. The Balaban J connectivity index is 1.69. The average molecular weight is 334 g/mol. The van der Waals surface area contributed by atoms with Crippen LogP contribution in [0, 0.1) is 6.92 Å². The van der Waals surface area contributed by atoms with Crippen LogP contribution in [0.15, 0.2) is 40.1 Å². The molecule has 0 fully saturated rings. The van der Waals surface area contributed by atoms with Gasteiger partial charge >= 0.3 is 0 Å². The maximum absolute atomic E-state index is 12.0. The van der Waals surface area contributed by atoms with Crippen molar-refractivity contribution in [2.24, 2.45) is 0 Å². The van der Waals surface area contributed by atoms with E-state index in [0.717, 1.165) is 10.4 Å². The number of thiophene rings is 1. The number of nitrogens with zero attached hydrogens (tertiary/aromatic N) is 2. The smallest absolute Gasteiger partial charge is 0.258 e. The lowest BCUT2D eigenvalue weighted by Gasteiger charge is -2.04. The largest absolute Gasteiger partial charge is 0.419 e. The van der Waals surface area contributed by atoms with Crippen molar-refractivity contribution >= 4 is 34.5 Å². The van der Waals surface area contributed by atoms with E-state index in [0.29, 0.717) is 16.6 Å². The molecule has 2 heterocycles. The number of carbonyl (C=O) groups is 1. The van der Waals surface area contributed by atoms with E-state index in [1.165, 1.54) is 11.3 Å². The number of aromatic nitrogens is 2. The van der Waals surface area contributed by atoms with Gasteiger partial charge in [-0.05, 0) is 36.1 Å². The Morgan fingerprint density at radius 2 is 2.14 bits per heavy atom.